The summed E-state index contributed by atoms with van der Waals surface area (Å²) in [5, 5.41) is 6.39. The van der Waals surface area contributed by atoms with E-state index in [1.54, 1.807) is 18.2 Å². The minimum atomic E-state index is -4.01. The third-order valence-corrected chi connectivity index (χ3v) is 16.6. The highest BCUT2D eigenvalue weighted by atomic mass is 28.3. The van der Waals surface area contributed by atoms with Crippen molar-refractivity contribution in [2.75, 3.05) is 0 Å². The summed E-state index contributed by atoms with van der Waals surface area (Å²) in [6.07, 6.45) is 0. The molecule has 12 rings (SSSR count). The number of nitrogens with zero attached hydrogens (tertiary/aromatic N) is 4. The summed E-state index contributed by atoms with van der Waals surface area (Å²) in [4.78, 5) is 10.7. The molecular weight excluding hydrogens is 781 g/mol. The molecule has 0 fully saturated rings. The molecule has 9 aromatic carbocycles. The number of aromatic nitrogens is 4. The minimum Gasteiger partial charge on any atom is -0.294 e. The highest BCUT2D eigenvalue weighted by molar-refractivity contribution is 7.20. The molecule has 0 spiro atoms. The van der Waals surface area contributed by atoms with E-state index in [-0.39, 0.29) is 58.2 Å². The van der Waals surface area contributed by atoms with Gasteiger partial charge in [-0.15, -0.1) is 0 Å². The molecule has 0 bridgehead atoms. The second-order valence-corrected chi connectivity index (χ2v) is 19.2. The predicted octanol–water partition coefficient (Wildman–Crippen LogP) is 11.4. The van der Waals surface area contributed by atoms with Gasteiger partial charge < -0.3 is 0 Å². The standard InChI is InChI=1S/C58H40N4Si/c1-4-20-41(21-5-1)42-22-18-28-46(38-42)63(44-24-6-2-7-25-44,45-26-8-3-9-27-45)47-29-19-23-43(39-47)52-40-57(61-53-34-14-10-30-48(53)49-31-11-15-35-54(49)61)60-58(59-52)62-55-36-16-12-32-50(55)51-33-13-17-37-56(51)62/h1-40H/i1D,4D,5D,19D,20D,21D,23D,29D,39D. The molecule has 12 aromatic rings. The smallest absolute Gasteiger partial charge is 0.237 e. The van der Waals surface area contributed by atoms with E-state index in [0.717, 1.165) is 54.0 Å². The average Bonchev–Trinajstić information content (AvgIpc) is 3.94. The Morgan fingerprint density at radius 1 is 0.365 bits per heavy atom. The van der Waals surface area contributed by atoms with Crippen molar-refractivity contribution in [3.8, 4) is 34.2 Å². The maximum absolute atomic E-state index is 10.7. The Kier molecular flexibility index (Phi) is 6.81. The van der Waals surface area contributed by atoms with Gasteiger partial charge in [0.25, 0.3) is 0 Å². The van der Waals surface area contributed by atoms with E-state index in [9.17, 15) is 5.48 Å². The molecule has 0 unspecified atom stereocenters. The molecule has 0 atom stereocenters. The molecule has 0 radical (unpaired) electrons. The highest BCUT2D eigenvalue weighted by Gasteiger charge is 2.41. The second-order valence-electron chi connectivity index (χ2n) is 15.5. The molecular formula is C58H40N4Si. The van der Waals surface area contributed by atoms with Crippen molar-refractivity contribution in [2.45, 2.75) is 0 Å². The van der Waals surface area contributed by atoms with Gasteiger partial charge >= 0.3 is 0 Å². The molecule has 0 saturated carbocycles. The van der Waals surface area contributed by atoms with Crippen LogP contribution in [0.15, 0.2) is 242 Å². The lowest BCUT2D eigenvalue weighted by atomic mass is 10.1. The molecule has 296 valence electrons. The van der Waals surface area contributed by atoms with Gasteiger partial charge in [-0.25, -0.2) is 4.98 Å². The zero-order valence-corrected chi connectivity index (χ0v) is 34.7. The number of rotatable bonds is 8. The number of para-hydroxylation sites is 4. The normalized spacial score (nSPS) is 13.8. The largest absolute Gasteiger partial charge is 0.294 e. The van der Waals surface area contributed by atoms with E-state index in [0.29, 0.717) is 16.6 Å². The molecule has 0 aliphatic rings. The van der Waals surface area contributed by atoms with Crippen LogP contribution < -0.4 is 20.7 Å². The predicted molar refractivity (Wildman–Crippen MR) is 265 cm³/mol. The van der Waals surface area contributed by atoms with Crippen LogP contribution in [0, 0.1) is 0 Å². The van der Waals surface area contributed by atoms with Gasteiger partial charge in [0, 0.05) is 33.2 Å². The Morgan fingerprint density at radius 3 is 1.43 bits per heavy atom. The fourth-order valence-electron chi connectivity index (χ4n) is 9.34. The molecule has 3 heterocycles. The summed E-state index contributed by atoms with van der Waals surface area (Å²) in [7, 11) is -4.01. The van der Waals surface area contributed by atoms with E-state index in [4.69, 9.17) is 16.8 Å². The van der Waals surface area contributed by atoms with Gasteiger partial charge in [-0.05, 0) is 56.1 Å². The molecule has 0 aliphatic carbocycles. The van der Waals surface area contributed by atoms with Crippen LogP contribution in [0.25, 0.3) is 77.8 Å². The van der Waals surface area contributed by atoms with Gasteiger partial charge in [-0.1, -0.05) is 212 Å². The highest BCUT2D eigenvalue weighted by Crippen LogP contribution is 2.35. The fraction of sp³-hybridized carbons (Fsp3) is 0. The minimum absolute atomic E-state index is 0.0172. The van der Waals surface area contributed by atoms with Gasteiger partial charge in [0.1, 0.15) is 5.82 Å². The molecule has 0 amide bonds. The Balaban J connectivity index is 1.22. The topological polar surface area (TPSA) is 35.6 Å². The monoisotopic (exact) mass is 829 g/mol. The number of benzene rings is 9. The van der Waals surface area contributed by atoms with E-state index < -0.39 is 32.2 Å². The van der Waals surface area contributed by atoms with Crippen LogP contribution in [0.2, 0.25) is 0 Å². The Morgan fingerprint density at radius 2 is 0.857 bits per heavy atom. The number of fused-ring (bicyclic) bond motifs is 6. The summed E-state index contributed by atoms with van der Waals surface area (Å²) in [5.74, 6) is 0.751. The lowest BCUT2D eigenvalue weighted by Gasteiger charge is -2.35. The first-order valence-electron chi connectivity index (χ1n) is 25.3. The quantitative estimate of drug-likeness (QED) is 0.113. The SMILES string of the molecule is [2H]c1c([2H])c([2H])c(-c2cccc([Si](c3ccccc3)(c3ccccc3)c3c([2H])c([2H])c([2H])c(-c4cc(-n5c6ccccc6c6ccccc65)nc(-n5c6ccccc6c6ccccc65)n4)c3[2H])c2)c([2H])c1[2H]. The summed E-state index contributed by atoms with van der Waals surface area (Å²) < 4.78 is 87.7. The molecule has 63 heavy (non-hydrogen) atoms. The maximum atomic E-state index is 10.7. The molecule has 5 heteroatoms. The van der Waals surface area contributed by atoms with Crippen LogP contribution in [-0.2, 0) is 0 Å². The zero-order chi connectivity index (χ0) is 49.6. The first-order valence-corrected chi connectivity index (χ1v) is 22.8. The van der Waals surface area contributed by atoms with Gasteiger partial charge in [0.05, 0.1) is 40.1 Å². The summed E-state index contributed by atoms with van der Waals surface area (Å²) in [5.41, 5.74) is 4.10. The molecule has 4 nitrogen and oxygen atoms in total. The number of hydrogen-bond acceptors (Lipinski definition) is 2. The average molecular weight is 830 g/mol. The van der Waals surface area contributed by atoms with Crippen molar-refractivity contribution < 1.29 is 12.3 Å². The van der Waals surface area contributed by atoms with E-state index in [1.807, 2.05) is 150 Å². The van der Waals surface area contributed by atoms with Crippen LogP contribution >= 0.6 is 0 Å². The first-order chi connectivity index (χ1) is 35.0. The Bertz CT molecular complexity index is 3870. The molecule has 0 saturated heterocycles. The summed E-state index contributed by atoms with van der Waals surface area (Å²) in [6, 6.07) is 57.1. The van der Waals surface area contributed by atoms with Gasteiger partial charge in [0.15, 0.2) is 8.07 Å². The second kappa shape index (κ2) is 15.1. The van der Waals surface area contributed by atoms with Crippen molar-refractivity contribution >= 4 is 72.4 Å². The fourth-order valence-corrected chi connectivity index (χ4v) is 13.9. The summed E-state index contributed by atoms with van der Waals surface area (Å²) in [6.45, 7) is 0. The van der Waals surface area contributed by atoms with Gasteiger partial charge in [-0.2, -0.15) is 4.98 Å². The third-order valence-electron chi connectivity index (χ3n) is 12.0. The Hall–Kier alpha value is -8.12. The Labute approximate surface area is 379 Å². The first kappa shape index (κ1) is 28.4. The number of hydrogen-bond donors (Lipinski definition) is 0. The van der Waals surface area contributed by atoms with Crippen molar-refractivity contribution in [1.82, 2.24) is 19.1 Å². The zero-order valence-electron chi connectivity index (χ0n) is 42.7. The van der Waals surface area contributed by atoms with Crippen molar-refractivity contribution in [1.29, 1.82) is 0 Å². The van der Waals surface area contributed by atoms with Crippen LogP contribution in [0.3, 0.4) is 0 Å². The van der Waals surface area contributed by atoms with E-state index >= 15 is 0 Å². The van der Waals surface area contributed by atoms with E-state index in [1.165, 1.54) is 0 Å². The van der Waals surface area contributed by atoms with Gasteiger partial charge in [-0.3, -0.25) is 9.13 Å². The lowest BCUT2D eigenvalue weighted by Crippen LogP contribution is -2.74. The van der Waals surface area contributed by atoms with Gasteiger partial charge in [0.2, 0.25) is 5.95 Å². The molecule has 3 aromatic heterocycles. The molecule has 0 N–H and O–H groups in total. The third kappa shape index (κ3) is 5.97. The maximum Gasteiger partial charge on any atom is 0.237 e. The lowest BCUT2D eigenvalue weighted by molar-refractivity contribution is 0.952. The van der Waals surface area contributed by atoms with Crippen LogP contribution in [-0.4, -0.2) is 27.2 Å². The van der Waals surface area contributed by atoms with Crippen molar-refractivity contribution in [2.24, 2.45) is 0 Å². The van der Waals surface area contributed by atoms with Crippen LogP contribution in [0.1, 0.15) is 12.3 Å². The van der Waals surface area contributed by atoms with Crippen molar-refractivity contribution in [3.05, 3.63) is 242 Å². The summed E-state index contributed by atoms with van der Waals surface area (Å²) >= 11 is 0. The van der Waals surface area contributed by atoms with Crippen LogP contribution in [0.5, 0.6) is 0 Å². The van der Waals surface area contributed by atoms with E-state index in [2.05, 4.69) is 28.8 Å². The molecule has 0 aliphatic heterocycles. The van der Waals surface area contributed by atoms with Crippen molar-refractivity contribution in [3.63, 3.8) is 0 Å². The van der Waals surface area contributed by atoms with Crippen LogP contribution in [0.4, 0.5) is 0 Å².